The molecule has 0 aliphatic heterocycles. The van der Waals surface area contributed by atoms with Crippen molar-refractivity contribution >= 4 is 11.9 Å². The molecule has 8 heteroatoms. The van der Waals surface area contributed by atoms with Gasteiger partial charge in [-0.05, 0) is 17.7 Å². The second-order valence-electron chi connectivity index (χ2n) is 3.99. The molecule has 0 unspecified atom stereocenters. The van der Waals surface area contributed by atoms with Crippen molar-refractivity contribution in [3.05, 3.63) is 35.6 Å². The highest BCUT2D eigenvalue weighted by Gasteiger charge is 2.42. The van der Waals surface area contributed by atoms with Gasteiger partial charge in [0, 0.05) is 13.1 Å². The van der Waals surface area contributed by atoms with E-state index in [0.29, 0.717) is 4.90 Å². The summed E-state index contributed by atoms with van der Waals surface area (Å²) in [5.41, 5.74) is 0.273. The first-order chi connectivity index (χ1) is 9.20. The maximum atomic E-state index is 12.7. The van der Waals surface area contributed by atoms with Gasteiger partial charge in [-0.25, -0.2) is 4.39 Å². The first-order valence-corrected chi connectivity index (χ1v) is 5.52. The highest BCUT2D eigenvalue weighted by atomic mass is 19.4. The Balaban J connectivity index is 2.84. The molecule has 1 amide bonds. The lowest BCUT2D eigenvalue weighted by Gasteiger charge is -2.23. The summed E-state index contributed by atoms with van der Waals surface area (Å²) in [5.74, 6) is -4.00. The van der Waals surface area contributed by atoms with E-state index in [1.807, 2.05) is 0 Å². The van der Waals surface area contributed by atoms with Gasteiger partial charge in [-0.1, -0.05) is 12.1 Å². The third kappa shape index (κ3) is 4.87. The van der Waals surface area contributed by atoms with E-state index < -0.39 is 43.4 Å². The molecule has 4 nitrogen and oxygen atoms in total. The molecule has 0 bridgehead atoms. The molecule has 0 fully saturated rings. The zero-order chi connectivity index (χ0) is 15.3. The topological polar surface area (TPSA) is 57.6 Å². The van der Waals surface area contributed by atoms with Gasteiger partial charge in [0.2, 0.25) is 0 Å². The highest BCUT2D eigenvalue weighted by molar-refractivity contribution is 5.82. The van der Waals surface area contributed by atoms with Crippen molar-refractivity contribution in [2.75, 3.05) is 6.54 Å². The SMILES string of the molecule is O=C(O)CCN(Cc1ccc(F)cc1)C(=O)C(F)(F)F. The van der Waals surface area contributed by atoms with Gasteiger partial charge in [0.05, 0.1) is 6.42 Å². The van der Waals surface area contributed by atoms with Gasteiger partial charge < -0.3 is 10.0 Å². The zero-order valence-electron chi connectivity index (χ0n) is 10.2. The van der Waals surface area contributed by atoms with Crippen molar-refractivity contribution < 1.29 is 32.3 Å². The number of carboxylic acids is 1. The Labute approximate surface area is 111 Å². The van der Waals surface area contributed by atoms with E-state index in [0.717, 1.165) is 12.1 Å². The summed E-state index contributed by atoms with van der Waals surface area (Å²) in [6.07, 6.45) is -5.69. The van der Waals surface area contributed by atoms with Gasteiger partial charge in [-0.2, -0.15) is 13.2 Å². The fourth-order valence-electron chi connectivity index (χ4n) is 1.47. The number of carbonyl (C=O) groups excluding carboxylic acids is 1. The number of halogens is 4. The second-order valence-corrected chi connectivity index (χ2v) is 3.99. The molecule has 0 aliphatic carbocycles. The molecule has 0 atom stereocenters. The quantitative estimate of drug-likeness (QED) is 0.847. The van der Waals surface area contributed by atoms with Crippen LogP contribution in [0, 0.1) is 5.82 Å². The van der Waals surface area contributed by atoms with E-state index in [4.69, 9.17) is 5.11 Å². The van der Waals surface area contributed by atoms with Crippen LogP contribution < -0.4 is 0 Å². The number of rotatable bonds is 5. The minimum absolute atomic E-state index is 0.273. The van der Waals surface area contributed by atoms with Crippen LogP contribution in [-0.2, 0) is 16.1 Å². The number of hydrogen-bond donors (Lipinski definition) is 1. The monoisotopic (exact) mass is 293 g/mol. The minimum Gasteiger partial charge on any atom is -0.481 e. The Morgan fingerprint density at radius 2 is 1.70 bits per heavy atom. The van der Waals surface area contributed by atoms with E-state index >= 15 is 0 Å². The van der Waals surface area contributed by atoms with Gasteiger partial charge in [-0.15, -0.1) is 0 Å². The van der Waals surface area contributed by atoms with Crippen molar-refractivity contribution in [3.63, 3.8) is 0 Å². The lowest BCUT2D eigenvalue weighted by Crippen LogP contribution is -2.41. The summed E-state index contributed by atoms with van der Waals surface area (Å²) >= 11 is 0. The fraction of sp³-hybridized carbons (Fsp3) is 0.333. The first kappa shape index (κ1) is 15.9. The minimum atomic E-state index is -5.08. The summed E-state index contributed by atoms with van der Waals surface area (Å²) in [4.78, 5) is 22.0. The van der Waals surface area contributed by atoms with Crippen molar-refractivity contribution in [2.45, 2.75) is 19.1 Å². The summed E-state index contributed by atoms with van der Waals surface area (Å²) < 4.78 is 49.9. The van der Waals surface area contributed by atoms with E-state index in [-0.39, 0.29) is 5.56 Å². The number of carboxylic acid groups (broad SMARTS) is 1. The average Bonchev–Trinajstić information content (AvgIpc) is 2.34. The van der Waals surface area contributed by atoms with Gasteiger partial charge in [0.1, 0.15) is 5.82 Å². The first-order valence-electron chi connectivity index (χ1n) is 5.52. The predicted molar refractivity (Wildman–Crippen MR) is 60.1 cm³/mol. The van der Waals surface area contributed by atoms with Gasteiger partial charge in [0.25, 0.3) is 0 Å². The molecule has 0 radical (unpaired) electrons. The number of hydrogen-bond acceptors (Lipinski definition) is 2. The zero-order valence-corrected chi connectivity index (χ0v) is 10.2. The molecule has 20 heavy (non-hydrogen) atoms. The number of aliphatic carboxylic acids is 1. The summed E-state index contributed by atoms with van der Waals surface area (Å²) in [7, 11) is 0. The number of amides is 1. The van der Waals surface area contributed by atoms with Crippen LogP contribution in [0.5, 0.6) is 0 Å². The molecule has 0 spiro atoms. The molecule has 0 heterocycles. The Bertz CT molecular complexity index is 484. The van der Waals surface area contributed by atoms with Crippen LogP contribution in [-0.4, -0.2) is 34.6 Å². The molecular formula is C12H11F4NO3. The second kappa shape index (κ2) is 6.36. The van der Waals surface area contributed by atoms with E-state index in [1.165, 1.54) is 12.1 Å². The largest absolute Gasteiger partial charge is 0.481 e. The summed E-state index contributed by atoms with van der Waals surface area (Å²) in [5, 5.41) is 8.48. The van der Waals surface area contributed by atoms with Crippen molar-refractivity contribution in [1.82, 2.24) is 4.90 Å². The number of alkyl halides is 3. The van der Waals surface area contributed by atoms with Gasteiger partial charge in [0.15, 0.2) is 0 Å². The summed E-state index contributed by atoms with van der Waals surface area (Å²) in [6, 6.07) is 4.55. The van der Waals surface area contributed by atoms with Crippen LogP contribution in [0.3, 0.4) is 0 Å². The Morgan fingerprint density at radius 1 is 1.15 bits per heavy atom. The van der Waals surface area contributed by atoms with Crippen molar-refractivity contribution in [3.8, 4) is 0 Å². The van der Waals surface area contributed by atoms with Gasteiger partial charge >= 0.3 is 18.1 Å². The van der Waals surface area contributed by atoms with Crippen molar-refractivity contribution in [2.24, 2.45) is 0 Å². The molecular weight excluding hydrogens is 282 g/mol. The van der Waals surface area contributed by atoms with Crippen molar-refractivity contribution in [1.29, 1.82) is 0 Å². The fourth-order valence-corrected chi connectivity index (χ4v) is 1.47. The molecule has 0 saturated carbocycles. The third-order valence-electron chi connectivity index (χ3n) is 2.41. The molecule has 110 valence electrons. The van der Waals surface area contributed by atoms with Crippen LogP contribution in [0.15, 0.2) is 24.3 Å². The molecule has 0 aromatic heterocycles. The standard InChI is InChI=1S/C12H11F4NO3/c13-9-3-1-8(2-4-9)7-17(6-5-10(18)19)11(20)12(14,15)16/h1-4H,5-7H2,(H,18,19). The summed E-state index contributed by atoms with van der Waals surface area (Å²) in [6.45, 7) is -1.02. The normalized spacial score (nSPS) is 11.2. The van der Waals surface area contributed by atoms with Crippen LogP contribution in [0.4, 0.5) is 17.6 Å². The van der Waals surface area contributed by atoms with Gasteiger partial charge in [-0.3, -0.25) is 9.59 Å². The van der Waals surface area contributed by atoms with Crippen LogP contribution in [0.1, 0.15) is 12.0 Å². The molecule has 0 aliphatic rings. The predicted octanol–water partition coefficient (Wildman–Crippen LogP) is 2.19. The Hall–Kier alpha value is -2.12. The molecule has 1 aromatic rings. The lowest BCUT2D eigenvalue weighted by molar-refractivity contribution is -0.186. The number of carbonyl (C=O) groups is 2. The average molecular weight is 293 g/mol. The van der Waals surface area contributed by atoms with E-state index in [1.54, 1.807) is 0 Å². The molecule has 1 aromatic carbocycles. The maximum Gasteiger partial charge on any atom is 0.471 e. The number of benzene rings is 1. The van der Waals surface area contributed by atoms with Crippen LogP contribution in [0.2, 0.25) is 0 Å². The lowest BCUT2D eigenvalue weighted by atomic mass is 10.2. The van der Waals surface area contributed by atoms with Crippen LogP contribution >= 0.6 is 0 Å². The van der Waals surface area contributed by atoms with E-state index in [2.05, 4.69) is 0 Å². The maximum absolute atomic E-state index is 12.7. The highest BCUT2D eigenvalue weighted by Crippen LogP contribution is 2.20. The Morgan fingerprint density at radius 3 is 2.15 bits per heavy atom. The Kier molecular flexibility index (Phi) is 5.06. The molecule has 0 saturated heterocycles. The number of nitrogens with zero attached hydrogens (tertiary/aromatic N) is 1. The smallest absolute Gasteiger partial charge is 0.471 e. The third-order valence-corrected chi connectivity index (χ3v) is 2.41. The van der Waals surface area contributed by atoms with E-state index in [9.17, 15) is 27.2 Å². The van der Waals surface area contributed by atoms with Crippen LogP contribution in [0.25, 0.3) is 0 Å². The molecule has 1 N–H and O–H groups in total. The molecule has 1 rings (SSSR count).